The molecule has 1 amide bonds. The van der Waals surface area contributed by atoms with Gasteiger partial charge in [-0.25, -0.2) is 9.37 Å². The molecule has 3 rings (SSSR count). The highest BCUT2D eigenvalue weighted by Crippen LogP contribution is 2.21. The topological polar surface area (TPSA) is 64.0 Å². The molecule has 0 aliphatic carbocycles. The quantitative estimate of drug-likeness (QED) is 0.446. The standard InChI is InChI=1S/C19H17BrFN3O2S/c1-2-9-24-18(26)15-10-12(20)3-8-16(15)23-19(24)27-11-17(25)22-14-6-4-13(21)5-7-14/h3-8,10H,2,9,11H2,1H3,(H,22,25). The molecule has 0 aliphatic heterocycles. The second-order valence-electron chi connectivity index (χ2n) is 5.86. The molecule has 1 aromatic heterocycles. The van der Waals surface area contributed by atoms with Crippen molar-refractivity contribution in [2.24, 2.45) is 0 Å². The zero-order chi connectivity index (χ0) is 19.4. The first-order chi connectivity index (χ1) is 13.0. The predicted octanol–water partition coefficient (Wildman–Crippen LogP) is 4.44. The first-order valence-corrected chi connectivity index (χ1v) is 10.1. The van der Waals surface area contributed by atoms with E-state index in [1.165, 1.54) is 36.0 Å². The van der Waals surface area contributed by atoms with Crippen LogP contribution in [0.5, 0.6) is 0 Å². The molecule has 0 fully saturated rings. The van der Waals surface area contributed by atoms with Gasteiger partial charge in [-0.15, -0.1) is 0 Å². The highest BCUT2D eigenvalue weighted by atomic mass is 79.9. The van der Waals surface area contributed by atoms with Gasteiger partial charge in [0.15, 0.2) is 5.16 Å². The Morgan fingerprint density at radius 3 is 2.70 bits per heavy atom. The van der Waals surface area contributed by atoms with Gasteiger partial charge in [0, 0.05) is 16.7 Å². The Labute approximate surface area is 168 Å². The number of rotatable bonds is 6. The van der Waals surface area contributed by atoms with E-state index in [0.29, 0.717) is 28.3 Å². The second kappa shape index (κ2) is 8.67. The van der Waals surface area contributed by atoms with Crippen LogP contribution in [0.1, 0.15) is 13.3 Å². The molecule has 0 aliphatic rings. The van der Waals surface area contributed by atoms with Gasteiger partial charge in [-0.1, -0.05) is 34.6 Å². The summed E-state index contributed by atoms with van der Waals surface area (Å²) in [5.74, 6) is -0.520. The van der Waals surface area contributed by atoms with Gasteiger partial charge in [0.2, 0.25) is 5.91 Å². The van der Waals surface area contributed by atoms with E-state index in [-0.39, 0.29) is 23.0 Å². The maximum absolute atomic E-state index is 12.9. The minimum atomic E-state index is -0.363. The van der Waals surface area contributed by atoms with Crippen LogP contribution in [0, 0.1) is 5.82 Å². The second-order valence-corrected chi connectivity index (χ2v) is 7.71. The molecule has 27 heavy (non-hydrogen) atoms. The Morgan fingerprint density at radius 1 is 1.26 bits per heavy atom. The van der Waals surface area contributed by atoms with E-state index >= 15 is 0 Å². The summed E-state index contributed by atoms with van der Waals surface area (Å²) in [6.07, 6.45) is 0.774. The molecular weight excluding hydrogens is 433 g/mol. The van der Waals surface area contributed by atoms with Crippen molar-refractivity contribution in [3.05, 3.63) is 63.1 Å². The normalized spacial score (nSPS) is 10.9. The number of benzene rings is 2. The van der Waals surface area contributed by atoms with Crippen molar-refractivity contribution < 1.29 is 9.18 Å². The maximum Gasteiger partial charge on any atom is 0.262 e. The third-order valence-corrected chi connectivity index (χ3v) is 5.26. The fraction of sp³-hybridized carbons (Fsp3) is 0.211. The molecular formula is C19H17BrFN3O2S. The van der Waals surface area contributed by atoms with Gasteiger partial charge in [-0.2, -0.15) is 0 Å². The number of carbonyl (C=O) groups excluding carboxylic acids is 1. The van der Waals surface area contributed by atoms with Crippen molar-refractivity contribution in [3.63, 3.8) is 0 Å². The van der Waals surface area contributed by atoms with Crippen molar-refractivity contribution in [1.29, 1.82) is 0 Å². The number of halogens is 2. The Bertz CT molecular complexity index is 1040. The van der Waals surface area contributed by atoms with Gasteiger partial charge in [0.05, 0.1) is 16.7 Å². The van der Waals surface area contributed by atoms with Gasteiger partial charge in [-0.3, -0.25) is 14.2 Å². The average Bonchev–Trinajstić information content (AvgIpc) is 2.65. The van der Waals surface area contributed by atoms with Crippen LogP contribution in [0.2, 0.25) is 0 Å². The van der Waals surface area contributed by atoms with E-state index in [0.717, 1.165) is 10.9 Å². The van der Waals surface area contributed by atoms with E-state index in [1.54, 1.807) is 16.7 Å². The molecule has 5 nitrogen and oxygen atoms in total. The number of anilines is 1. The third kappa shape index (κ3) is 4.75. The highest BCUT2D eigenvalue weighted by Gasteiger charge is 2.13. The molecule has 2 aromatic carbocycles. The van der Waals surface area contributed by atoms with Crippen molar-refractivity contribution in [1.82, 2.24) is 9.55 Å². The molecule has 0 atom stereocenters. The minimum Gasteiger partial charge on any atom is -0.325 e. The molecule has 140 valence electrons. The largest absolute Gasteiger partial charge is 0.325 e. The number of amides is 1. The predicted molar refractivity (Wildman–Crippen MR) is 110 cm³/mol. The van der Waals surface area contributed by atoms with Crippen LogP contribution in [0.4, 0.5) is 10.1 Å². The molecule has 0 unspecified atom stereocenters. The molecule has 0 bridgehead atoms. The fourth-order valence-electron chi connectivity index (χ4n) is 2.56. The fourth-order valence-corrected chi connectivity index (χ4v) is 3.75. The minimum absolute atomic E-state index is 0.0928. The van der Waals surface area contributed by atoms with E-state index in [4.69, 9.17) is 0 Å². The smallest absolute Gasteiger partial charge is 0.262 e. The van der Waals surface area contributed by atoms with E-state index in [9.17, 15) is 14.0 Å². The van der Waals surface area contributed by atoms with Crippen LogP contribution < -0.4 is 10.9 Å². The van der Waals surface area contributed by atoms with Crippen molar-refractivity contribution in [3.8, 4) is 0 Å². The summed E-state index contributed by atoms with van der Waals surface area (Å²) < 4.78 is 15.4. The number of hydrogen-bond donors (Lipinski definition) is 1. The van der Waals surface area contributed by atoms with E-state index in [1.807, 2.05) is 13.0 Å². The Morgan fingerprint density at radius 2 is 2.00 bits per heavy atom. The monoisotopic (exact) mass is 449 g/mol. The van der Waals surface area contributed by atoms with Crippen LogP contribution in [0.15, 0.2) is 56.9 Å². The maximum atomic E-state index is 12.9. The van der Waals surface area contributed by atoms with E-state index < -0.39 is 0 Å². The van der Waals surface area contributed by atoms with Crippen LogP contribution in [0.3, 0.4) is 0 Å². The van der Waals surface area contributed by atoms with Crippen LogP contribution >= 0.6 is 27.7 Å². The van der Waals surface area contributed by atoms with Crippen molar-refractivity contribution in [2.45, 2.75) is 25.0 Å². The molecule has 1 N–H and O–H groups in total. The Hall–Kier alpha value is -2.19. The molecule has 8 heteroatoms. The number of aromatic nitrogens is 2. The SMILES string of the molecule is CCCn1c(SCC(=O)Nc2ccc(F)cc2)nc2ccc(Br)cc2c1=O. The summed E-state index contributed by atoms with van der Waals surface area (Å²) in [6.45, 7) is 2.50. The zero-order valence-corrected chi connectivity index (χ0v) is 16.9. The molecule has 0 saturated heterocycles. The average molecular weight is 450 g/mol. The third-order valence-electron chi connectivity index (χ3n) is 3.79. The van der Waals surface area contributed by atoms with Gasteiger partial charge >= 0.3 is 0 Å². The number of nitrogens with one attached hydrogen (secondary N) is 1. The number of carbonyl (C=O) groups is 1. The first kappa shape index (κ1) is 19.6. The molecule has 1 heterocycles. The van der Waals surface area contributed by atoms with Crippen LogP contribution in [-0.2, 0) is 11.3 Å². The molecule has 3 aromatic rings. The summed E-state index contributed by atoms with van der Waals surface area (Å²) in [6, 6.07) is 10.9. The van der Waals surface area contributed by atoms with Crippen LogP contribution in [-0.4, -0.2) is 21.2 Å². The lowest BCUT2D eigenvalue weighted by Crippen LogP contribution is -2.24. The number of hydrogen-bond acceptors (Lipinski definition) is 4. The lowest BCUT2D eigenvalue weighted by atomic mass is 10.2. The lowest BCUT2D eigenvalue weighted by Gasteiger charge is -2.12. The van der Waals surface area contributed by atoms with Gasteiger partial charge in [0.1, 0.15) is 5.82 Å². The van der Waals surface area contributed by atoms with Crippen molar-refractivity contribution in [2.75, 3.05) is 11.1 Å². The van der Waals surface area contributed by atoms with E-state index in [2.05, 4.69) is 26.2 Å². The summed E-state index contributed by atoms with van der Waals surface area (Å²) in [4.78, 5) is 29.6. The number of nitrogens with zero attached hydrogens (tertiary/aromatic N) is 2. The lowest BCUT2D eigenvalue weighted by molar-refractivity contribution is -0.113. The molecule has 0 spiro atoms. The Kier molecular flexibility index (Phi) is 6.28. The highest BCUT2D eigenvalue weighted by molar-refractivity contribution is 9.10. The number of fused-ring (bicyclic) bond motifs is 1. The number of thioether (sulfide) groups is 1. The first-order valence-electron chi connectivity index (χ1n) is 8.36. The van der Waals surface area contributed by atoms with Crippen LogP contribution in [0.25, 0.3) is 10.9 Å². The summed E-state index contributed by atoms with van der Waals surface area (Å²) in [5, 5.41) is 3.75. The van der Waals surface area contributed by atoms with Gasteiger partial charge in [-0.05, 0) is 48.9 Å². The summed E-state index contributed by atoms with van der Waals surface area (Å²) >= 11 is 4.58. The zero-order valence-electron chi connectivity index (χ0n) is 14.5. The van der Waals surface area contributed by atoms with Crippen molar-refractivity contribution >= 4 is 50.2 Å². The summed E-state index contributed by atoms with van der Waals surface area (Å²) in [7, 11) is 0. The van der Waals surface area contributed by atoms with Gasteiger partial charge in [0.25, 0.3) is 5.56 Å². The molecule has 0 saturated carbocycles. The molecule has 0 radical (unpaired) electrons. The summed E-state index contributed by atoms with van der Waals surface area (Å²) in [5.41, 5.74) is 0.992. The Balaban J connectivity index is 1.81. The van der Waals surface area contributed by atoms with Gasteiger partial charge < -0.3 is 5.32 Å².